The molecule has 1 aliphatic heterocycles. The predicted molar refractivity (Wildman–Crippen MR) is 89.9 cm³/mol. The Morgan fingerprint density at radius 1 is 1.32 bits per heavy atom. The molecule has 1 aromatic rings. The molecule has 2 N–H and O–H groups in total. The van der Waals surface area contributed by atoms with Crippen LogP contribution in [0, 0.1) is 5.82 Å². The van der Waals surface area contributed by atoms with Crippen LogP contribution in [0.5, 0.6) is 0 Å². The zero-order chi connectivity index (χ0) is 18.4. The number of nitrogens with zero attached hydrogens (tertiary/aromatic N) is 2. The van der Waals surface area contributed by atoms with Crippen LogP contribution in [0.25, 0.3) is 0 Å². The van der Waals surface area contributed by atoms with Crippen molar-refractivity contribution in [2.45, 2.75) is 38.5 Å². The van der Waals surface area contributed by atoms with Gasteiger partial charge < -0.3 is 10.6 Å². The van der Waals surface area contributed by atoms with Gasteiger partial charge in [-0.1, -0.05) is 13.0 Å². The molecular weight excluding hydrogens is 336 g/mol. The van der Waals surface area contributed by atoms with E-state index in [1.165, 1.54) is 0 Å². The molecule has 0 radical (unpaired) electrons. The first-order valence-electron chi connectivity index (χ1n) is 8.39. The van der Waals surface area contributed by atoms with Gasteiger partial charge >= 0.3 is 6.18 Å². The molecule has 0 amide bonds. The number of benzene rings is 1. The molecule has 1 saturated heterocycles. The highest BCUT2D eigenvalue weighted by Crippen LogP contribution is 2.32. The van der Waals surface area contributed by atoms with Gasteiger partial charge in [0.25, 0.3) is 0 Å². The molecule has 0 bridgehead atoms. The van der Waals surface area contributed by atoms with Crippen molar-refractivity contribution in [3.8, 4) is 0 Å². The van der Waals surface area contributed by atoms with Crippen molar-refractivity contribution >= 4 is 5.96 Å². The second kappa shape index (κ2) is 8.51. The highest BCUT2D eigenvalue weighted by molar-refractivity contribution is 5.79. The first kappa shape index (κ1) is 19.5. The Labute approximate surface area is 145 Å². The minimum atomic E-state index is -4.60. The van der Waals surface area contributed by atoms with E-state index in [1.54, 1.807) is 7.05 Å². The zero-order valence-electron chi connectivity index (χ0n) is 14.5. The average molecular weight is 360 g/mol. The van der Waals surface area contributed by atoms with Gasteiger partial charge in [-0.2, -0.15) is 13.2 Å². The molecule has 1 atom stereocenters. The summed E-state index contributed by atoms with van der Waals surface area (Å²) in [6, 6.07) is 3.10. The van der Waals surface area contributed by atoms with E-state index in [0.29, 0.717) is 24.6 Å². The highest BCUT2D eigenvalue weighted by Gasteiger charge is 2.33. The van der Waals surface area contributed by atoms with Crippen LogP contribution in [0.3, 0.4) is 0 Å². The third kappa shape index (κ3) is 5.32. The number of guanidine groups is 1. The molecule has 140 valence electrons. The summed E-state index contributed by atoms with van der Waals surface area (Å²) in [5.41, 5.74) is -0.990. The lowest BCUT2D eigenvalue weighted by molar-refractivity contribution is -0.138. The van der Waals surface area contributed by atoms with Crippen LogP contribution in [0.2, 0.25) is 0 Å². The van der Waals surface area contributed by atoms with Crippen LogP contribution in [0.15, 0.2) is 23.2 Å². The van der Waals surface area contributed by atoms with Gasteiger partial charge in [0.15, 0.2) is 5.96 Å². The van der Waals surface area contributed by atoms with Crippen LogP contribution in [-0.2, 0) is 12.7 Å². The lowest BCUT2D eigenvalue weighted by Gasteiger charge is -2.24. The molecule has 1 fully saturated rings. The normalized spacial score (nSPS) is 19.3. The molecular formula is C17H24F4N4. The van der Waals surface area contributed by atoms with Gasteiger partial charge in [0.05, 0.1) is 5.56 Å². The number of halogens is 4. The summed E-state index contributed by atoms with van der Waals surface area (Å²) in [5, 5.41) is 6.03. The van der Waals surface area contributed by atoms with E-state index in [4.69, 9.17) is 0 Å². The summed E-state index contributed by atoms with van der Waals surface area (Å²) in [7, 11) is 1.57. The zero-order valence-corrected chi connectivity index (χ0v) is 14.5. The standard InChI is InChI=1S/C17H24F4N4/c1-3-25-8-4-5-14(25)11-24-16(22-2)23-10-12-6-7-13(18)9-15(12)17(19,20)21/h6-7,9,14H,3-5,8,10-11H2,1-2H3,(H2,22,23,24). The van der Waals surface area contributed by atoms with E-state index in [9.17, 15) is 17.6 Å². The van der Waals surface area contributed by atoms with Crippen molar-refractivity contribution in [3.63, 3.8) is 0 Å². The van der Waals surface area contributed by atoms with Crippen molar-refractivity contribution < 1.29 is 17.6 Å². The van der Waals surface area contributed by atoms with Crippen LogP contribution in [-0.4, -0.2) is 43.6 Å². The SMILES string of the molecule is CCN1CCCC1CNC(=NC)NCc1ccc(F)cc1C(F)(F)F. The molecule has 0 aromatic heterocycles. The van der Waals surface area contributed by atoms with Crippen molar-refractivity contribution in [2.24, 2.45) is 4.99 Å². The third-order valence-electron chi connectivity index (χ3n) is 4.46. The van der Waals surface area contributed by atoms with Crippen LogP contribution >= 0.6 is 0 Å². The fraction of sp³-hybridized carbons (Fsp3) is 0.588. The maximum atomic E-state index is 13.1. The number of hydrogen-bond acceptors (Lipinski definition) is 2. The van der Waals surface area contributed by atoms with E-state index in [1.807, 2.05) is 0 Å². The van der Waals surface area contributed by atoms with Crippen molar-refractivity contribution in [2.75, 3.05) is 26.7 Å². The first-order valence-corrected chi connectivity index (χ1v) is 8.39. The highest BCUT2D eigenvalue weighted by atomic mass is 19.4. The average Bonchev–Trinajstić information content (AvgIpc) is 3.02. The van der Waals surface area contributed by atoms with E-state index >= 15 is 0 Å². The molecule has 0 aliphatic carbocycles. The maximum Gasteiger partial charge on any atom is 0.416 e. The fourth-order valence-electron chi connectivity index (χ4n) is 3.12. The van der Waals surface area contributed by atoms with E-state index in [-0.39, 0.29) is 12.1 Å². The second-order valence-corrected chi connectivity index (χ2v) is 6.03. The predicted octanol–water partition coefficient (Wildman–Crippen LogP) is 2.99. The van der Waals surface area contributed by atoms with Gasteiger partial charge in [0, 0.05) is 26.2 Å². The lowest BCUT2D eigenvalue weighted by Crippen LogP contribution is -2.44. The van der Waals surface area contributed by atoms with Gasteiger partial charge in [-0.25, -0.2) is 4.39 Å². The Morgan fingerprint density at radius 3 is 2.72 bits per heavy atom. The van der Waals surface area contributed by atoms with Gasteiger partial charge in [-0.15, -0.1) is 0 Å². The number of likely N-dealkylation sites (N-methyl/N-ethyl adjacent to an activating group) is 1. The molecule has 4 nitrogen and oxygen atoms in total. The smallest absolute Gasteiger partial charge is 0.355 e. The Kier molecular flexibility index (Phi) is 6.64. The summed E-state index contributed by atoms with van der Waals surface area (Å²) < 4.78 is 52.2. The van der Waals surface area contributed by atoms with Crippen molar-refractivity contribution in [3.05, 3.63) is 35.1 Å². The number of aliphatic imine (C=N–C) groups is 1. The summed E-state index contributed by atoms with van der Waals surface area (Å²) in [4.78, 5) is 6.41. The number of hydrogen-bond donors (Lipinski definition) is 2. The van der Waals surface area contributed by atoms with Crippen molar-refractivity contribution in [1.82, 2.24) is 15.5 Å². The largest absolute Gasteiger partial charge is 0.416 e. The molecule has 1 unspecified atom stereocenters. The Morgan fingerprint density at radius 2 is 2.08 bits per heavy atom. The molecule has 0 saturated carbocycles. The molecule has 1 aromatic carbocycles. The molecule has 25 heavy (non-hydrogen) atoms. The quantitative estimate of drug-likeness (QED) is 0.482. The summed E-state index contributed by atoms with van der Waals surface area (Å²) in [5.74, 6) is -0.472. The number of rotatable bonds is 5. The Bertz CT molecular complexity index is 601. The lowest BCUT2D eigenvalue weighted by atomic mass is 10.1. The van der Waals surface area contributed by atoms with E-state index in [2.05, 4.69) is 27.4 Å². The number of likely N-dealkylation sites (tertiary alicyclic amines) is 1. The molecule has 1 heterocycles. The molecule has 0 spiro atoms. The Hall–Kier alpha value is -1.83. The first-order chi connectivity index (χ1) is 11.8. The molecule has 8 heteroatoms. The van der Waals surface area contributed by atoms with Crippen LogP contribution in [0.1, 0.15) is 30.9 Å². The molecule has 1 aliphatic rings. The van der Waals surface area contributed by atoms with Gasteiger partial charge in [0.1, 0.15) is 5.82 Å². The van der Waals surface area contributed by atoms with E-state index < -0.39 is 17.6 Å². The summed E-state index contributed by atoms with van der Waals surface area (Å²) in [6.45, 7) is 4.75. The number of nitrogens with one attached hydrogen (secondary N) is 2. The maximum absolute atomic E-state index is 13.1. The minimum Gasteiger partial charge on any atom is -0.355 e. The Balaban J connectivity index is 1.95. The van der Waals surface area contributed by atoms with E-state index in [0.717, 1.165) is 38.1 Å². The summed E-state index contributed by atoms with van der Waals surface area (Å²) >= 11 is 0. The van der Waals surface area contributed by atoms with Crippen LogP contribution in [0.4, 0.5) is 17.6 Å². The summed E-state index contributed by atoms with van der Waals surface area (Å²) in [6.07, 6.45) is -2.35. The third-order valence-corrected chi connectivity index (χ3v) is 4.46. The topological polar surface area (TPSA) is 39.7 Å². The van der Waals surface area contributed by atoms with Gasteiger partial charge in [-0.05, 0) is 43.6 Å². The number of alkyl halides is 3. The monoisotopic (exact) mass is 360 g/mol. The van der Waals surface area contributed by atoms with Crippen LogP contribution < -0.4 is 10.6 Å². The van der Waals surface area contributed by atoms with Crippen molar-refractivity contribution in [1.29, 1.82) is 0 Å². The fourth-order valence-corrected chi connectivity index (χ4v) is 3.12. The van der Waals surface area contributed by atoms with Gasteiger partial charge in [0.2, 0.25) is 0 Å². The van der Waals surface area contributed by atoms with Gasteiger partial charge in [-0.3, -0.25) is 9.89 Å². The minimum absolute atomic E-state index is 0.0205. The molecule has 2 rings (SSSR count). The second-order valence-electron chi connectivity index (χ2n) is 6.03.